The van der Waals surface area contributed by atoms with Crippen molar-refractivity contribution in [2.45, 2.75) is 33.1 Å². The summed E-state index contributed by atoms with van der Waals surface area (Å²) in [7, 11) is 0. The number of aromatic nitrogens is 2. The van der Waals surface area contributed by atoms with Crippen LogP contribution in [0, 0.1) is 11.8 Å². The van der Waals surface area contributed by atoms with Crippen LogP contribution in [0.1, 0.15) is 42.9 Å². The molecule has 0 unspecified atom stereocenters. The Morgan fingerprint density at radius 3 is 2.65 bits per heavy atom. The van der Waals surface area contributed by atoms with Crippen LogP contribution in [0.2, 0.25) is 0 Å². The molecular formula is C14H22N4O2. The highest BCUT2D eigenvalue weighted by molar-refractivity contribution is 5.92. The second-order valence-corrected chi connectivity index (χ2v) is 5.85. The maximum Gasteiger partial charge on any atom is 0.274 e. The number of carbonyl (C=O) groups excluding carboxylic acids is 2. The van der Waals surface area contributed by atoms with Gasteiger partial charge >= 0.3 is 0 Å². The Morgan fingerprint density at radius 2 is 2.10 bits per heavy atom. The van der Waals surface area contributed by atoms with Crippen LogP contribution in [0.3, 0.4) is 0 Å². The van der Waals surface area contributed by atoms with Gasteiger partial charge in [0.15, 0.2) is 0 Å². The van der Waals surface area contributed by atoms with Gasteiger partial charge in [-0.15, -0.1) is 0 Å². The molecule has 20 heavy (non-hydrogen) atoms. The molecule has 3 N–H and O–H groups in total. The first-order chi connectivity index (χ1) is 9.47. The molecule has 0 bridgehead atoms. The number of primary amides is 1. The van der Waals surface area contributed by atoms with Crippen LogP contribution in [0.15, 0.2) is 6.07 Å². The Bertz CT molecular complexity index is 487. The van der Waals surface area contributed by atoms with Crippen LogP contribution in [-0.4, -0.2) is 40.0 Å². The molecule has 1 aromatic heterocycles. The molecule has 0 aromatic carbocycles. The standard InChI is InChI=1S/C14H22N4O2/c1-9(2)7-11-8-12(17-16-11)14(20)18-5-3-10(4-6-18)13(15)19/h8-10H,3-7H2,1-2H3,(H2,15,19)(H,16,17). The van der Waals surface area contributed by atoms with Crippen molar-refractivity contribution in [2.24, 2.45) is 17.6 Å². The summed E-state index contributed by atoms with van der Waals surface area (Å²) in [5.74, 6) is 0.0784. The molecule has 1 aliphatic rings. The molecule has 6 heteroatoms. The van der Waals surface area contributed by atoms with Crippen LogP contribution >= 0.6 is 0 Å². The number of nitrogens with two attached hydrogens (primary N) is 1. The molecular weight excluding hydrogens is 256 g/mol. The van der Waals surface area contributed by atoms with Gasteiger partial charge in [-0.2, -0.15) is 5.10 Å². The van der Waals surface area contributed by atoms with E-state index in [-0.39, 0.29) is 17.7 Å². The summed E-state index contributed by atoms with van der Waals surface area (Å²) in [4.78, 5) is 25.2. The number of amides is 2. The van der Waals surface area contributed by atoms with E-state index in [1.807, 2.05) is 6.07 Å². The Hall–Kier alpha value is -1.85. The lowest BCUT2D eigenvalue weighted by atomic mass is 9.96. The average molecular weight is 278 g/mol. The van der Waals surface area contributed by atoms with E-state index in [1.54, 1.807) is 4.90 Å². The summed E-state index contributed by atoms with van der Waals surface area (Å²) in [6.07, 6.45) is 2.17. The smallest absolute Gasteiger partial charge is 0.274 e. The minimum absolute atomic E-state index is 0.0702. The summed E-state index contributed by atoms with van der Waals surface area (Å²) in [6, 6.07) is 1.82. The Labute approximate surface area is 118 Å². The zero-order chi connectivity index (χ0) is 14.7. The summed E-state index contributed by atoms with van der Waals surface area (Å²) < 4.78 is 0. The first-order valence-corrected chi connectivity index (χ1v) is 7.10. The fourth-order valence-electron chi connectivity index (χ4n) is 2.54. The number of likely N-dealkylation sites (tertiary alicyclic amines) is 1. The number of aromatic amines is 1. The van der Waals surface area contributed by atoms with E-state index in [2.05, 4.69) is 24.0 Å². The van der Waals surface area contributed by atoms with Gasteiger partial charge in [0.25, 0.3) is 5.91 Å². The molecule has 0 spiro atoms. The third-order valence-corrected chi connectivity index (χ3v) is 3.66. The number of nitrogens with one attached hydrogen (secondary N) is 1. The Balaban J connectivity index is 1.95. The zero-order valence-corrected chi connectivity index (χ0v) is 12.1. The molecule has 2 amide bonds. The van der Waals surface area contributed by atoms with Crippen molar-refractivity contribution in [3.63, 3.8) is 0 Å². The summed E-state index contributed by atoms with van der Waals surface area (Å²) in [5.41, 5.74) is 6.73. The van der Waals surface area contributed by atoms with E-state index in [1.165, 1.54) is 0 Å². The first kappa shape index (κ1) is 14.6. The molecule has 2 rings (SSSR count). The van der Waals surface area contributed by atoms with E-state index < -0.39 is 0 Å². The van der Waals surface area contributed by atoms with Gasteiger partial charge in [-0.05, 0) is 31.2 Å². The fourth-order valence-corrected chi connectivity index (χ4v) is 2.54. The third kappa shape index (κ3) is 3.37. The van der Waals surface area contributed by atoms with Gasteiger partial charge in [0.1, 0.15) is 5.69 Å². The highest BCUT2D eigenvalue weighted by Gasteiger charge is 2.27. The molecule has 0 atom stereocenters. The lowest BCUT2D eigenvalue weighted by Gasteiger charge is -2.29. The maximum absolute atomic E-state index is 12.3. The van der Waals surface area contributed by atoms with Gasteiger partial charge in [-0.25, -0.2) is 0 Å². The average Bonchev–Trinajstić information content (AvgIpc) is 2.85. The van der Waals surface area contributed by atoms with Crippen LogP contribution in [-0.2, 0) is 11.2 Å². The minimum Gasteiger partial charge on any atom is -0.369 e. The highest BCUT2D eigenvalue weighted by atomic mass is 16.2. The molecule has 0 aliphatic carbocycles. The van der Waals surface area contributed by atoms with Gasteiger partial charge in [-0.3, -0.25) is 14.7 Å². The number of nitrogens with zero attached hydrogens (tertiary/aromatic N) is 2. The highest BCUT2D eigenvalue weighted by Crippen LogP contribution is 2.18. The third-order valence-electron chi connectivity index (χ3n) is 3.66. The monoisotopic (exact) mass is 278 g/mol. The number of carbonyl (C=O) groups is 2. The number of piperidine rings is 1. The molecule has 2 heterocycles. The number of rotatable bonds is 4. The largest absolute Gasteiger partial charge is 0.369 e. The quantitative estimate of drug-likeness (QED) is 0.858. The predicted octanol–water partition coefficient (Wildman–Crippen LogP) is 0.946. The van der Waals surface area contributed by atoms with Crippen LogP contribution in [0.5, 0.6) is 0 Å². The predicted molar refractivity (Wildman–Crippen MR) is 75.0 cm³/mol. The van der Waals surface area contributed by atoms with Gasteiger partial charge in [0.2, 0.25) is 5.91 Å². The second-order valence-electron chi connectivity index (χ2n) is 5.85. The lowest BCUT2D eigenvalue weighted by molar-refractivity contribution is -0.123. The van der Waals surface area contributed by atoms with Crippen molar-refractivity contribution >= 4 is 11.8 Å². The summed E-state index contributed by atoms with van der Waals surface area (Å²) >= 11 is 0. The van der Waals surface area contributed by atoms with E-state index in [9.17, 15) is 9.59 Å². The van der Waals surface area contributed by atoms with Crippen molar-refractivity contribution in [1.29, 1.82) is 0 Å². The maximum atomic E-state index is 12.3. The second kappa shape index (κ2) is 6.07. The number of hydrogen-bond donors (Lipinski definition) is 2. The van der Waals surface area contributed by atoms with Gasteiger partial charge in [0.05, 0.1) is 0 Å². The van der Waals surface area contributed by atoms with Crippen molar-refractivity contribution in [2.75, 3.05) is 13.1 Å². The normalized spacial score (nSPS) is 16.6. The van der Waals surface area contributed by atoms with Gasteiger partial charge in [-0.1, -0.05) is 13.8 Å². The molecule has 110 valence electrons. The van der Waals surface area contributed by atoms with E-state index in [0.29, 0.717) is 37.5 Å². The molecule has 1 aromatic rings. The molecule has 0 radical (unpaired) electrons. The van der Waals surface area contributed by atoms with Crippen LogP contribution < -0.4 is 5.73 Å². The number of H-pyrrole nitrogens is 1. The van der Waals surface area contributed by atoms with Crippen molar-refractivity contribution in [3.05, 3.63) is 17.5 Å². The van der Waals surface area contributed by atoms with Crippen molar-refractivity contribution in [3.8, 4) is 0 Å². The number of hydrogen-bond acceptors (Lipinski definition) is 3. The Morgan fingerprint density at radius 1 is 1.45 bits per heavy atom. The molecule has 1 aliphatic heterocycles. The van der Waals surface area contributed by atoms with Crippen molar-refractivity contribution < 1.29 is 9.59 Å². The van der Waals surface area contributed by atoms with E-state index >= 15 is 0 Å². The van der Waals surface area contributed by atoms with Crippen molar-refractivity contribution in [1.82, 2.24) is 15.1 Å². The first-order valence-electron chi connectivity index (χ1n) is 7.10. The van der Waals surface area contributed by atoms with E-state index in [0.717, 1.165) is 12.1 Å². The SMILES string of the molecule is CC(C)Cc1cc(C(=O)N2CCC(C(N)=O)CC2)n[nH]1. The molecule has 6 nitrogen and oxygen atoms in total. The summed E-state index contributed by atoms with van der Waals surface area (Å²) in [5, 5.41) is 7.00. The Kier molecular flexibility index (Phi) is 4.42. The fraction of sp³-hybridized carbons (Fsp3) is 0.643. The minimum atomic E-state index is -0.268. The summed E-state index contributed by atoms with van der Waals surface area (Å²) in [6.45, 7) is 5.38. The van der Waals surface area contributed by atoms with E-state index in [4.69, 9.17) is 5.73 Å². The van der Waals surface area contributed by atoms with Crippen LogP contribution in [0.25, 0.3) is 0 Å². The molecule has 1 saturated heterocycles. The molecule has 1 fully saturated rings. The van der Waals surface area contributed by atoms with Gasteiger partial charge in [0, 0.05) is 24.7 Å². The van der Waals surface area contributed by atoms with Crippen LogP contribution in [0.4, 0.5) is 0 Å². The van der Waals surface area contributed by atoms with Gasteiger partial charge < -0.3 is 10.6 Å². The molecule has 0 saturated carbocycles. The topological polar surface area (TPSA) is 92.1 Å². The lowest BCUT2D eigenvalue weighted by Crippen LogP contribution is -2.41. The zero-order valence-electron chi connectivity index (χ0n) is 12.1.